The summed E-state index contributed by atoms with van der Waals surface area (Å²) < 4.78 is 0. The van der Waals surface area contributed by atoms with Gasteiger partial charge in [0.25, 0.3) is 5.91 Å². The Bertz CT molecular complexity index is 738. The van der Waals surface area contributed by atoms with Gasteiger partial charge in [0.2, 0.25) is 5.91 Å². The number of thiophene rings is 1. The Kier molecular flexibility index (Phi) is 6.03. The Morgan fingerprint density at radius 1 is 1.12 bits per heavy atom. The summed E-state index contributed by atoms with van der Waals surface area (Å²) in [4.78, 5) is 27.2. The second kappa shape index (κ2) is 8.44. The van der Waals surface area contributed by atoms with E-state index in [1.807, 2.05) is 18.4 Å². The third-order valence-corrected chi connectivity index (χ3v) is 5.45. The summed E-state index contributed by atoms with van der Waals surface area (Å²) in [6.07, 6.45) is 1.16. The van der Waals surface area contributed by atoms with Crippen LogP contribution in [-0.4, -0.2) is 47.1 Å². The van der Waals surface area contributed by atoms with E-state index in [1.165, 1.54) is 11.3 Å². The number of benzene rings is 1. The van der Waals surface area contributed by atoms with Crippen LogP contribution in [0.2, 0.25) is 0 Å². The first-order valence-corrected chi connectivity index (χ1v) is 9.59. The highest BCUT2D eigenvalue weighted by Crippen LogP contribution is 2.18. The van der Waals surface area contributed by atoms with Crippen LogP contribution in [0.5, 0.6) is 0 Å². The van der Waals surface area contributed by atoms with Gasteiger partial charge in [-0.15, -0.1) is 11.3 Å². The molecule has 0 saturated carbocycles. The van der Waals surface area contributed by atoms with Gasteiger partial charge in [0, 0.05) is 24.5 Å². The van der Waals surface area contributed by atoms with Gasteiger partial charge in [-0.3, -0.25) is 14.5 Å². The lowest BCUT2D eigenvalue weighted by atomic mass is 10.1. The Labute approximate surface area is 156 Å². The zero-order chi connectivity index (χ0) is 18.5. The Balaban J connectivity index is 1.53. The quantitative estimate of drug-likeness (QED) is 0.753. The maximum absolute atomic E-state index is 12.4. The van der Waals surface area contributed by atoms with Crippen molar-refractivity contribution in [2.45, 2.75) is 31.9 Å². The predicted molar refractivity (Wildman–Crippen MR) is 104 cm³/mol. The topological polar surface area (TPSA) is 81.7 Å². The van der Waals surface area contributed by atoms with Gasteiger partial charge in [0.15, 0.2) is 0 Å². The number of nitrogens with zero attached hydrogens (tertiary/aromatic N) is 1. The molecule has 3 rings (SSSR count). The lowest BCUT2D eigenvalue weighted by molar-refractivity contribution is -0.121. The van der Waals surface area contributed by atoms with E-state index in [0.717, 1.165) is 13.1 Å². The average Bonchev–Trinajstić information content (AvgIpc) is 3.18. The van der Waals surface area contributed by atoms with Crippen molar-refractivity contribution in [2.75, 3.05) is 23.7 Å². The van der Waals surface area contributed by atoms with Gasteiger partial charge >= 0.3 is 0 Å². The highest BCUT2D eigenvalue weighted by molar-refractivity contribution is 7.12. The second-order valence-electron chi connectivity index (χ2n) is 6.44. The number of amides is 2. The Morgan fingerprint density at radius 3 is 2.31 bits per heavy atom. The molecule has 0 spiro atoms. The normalized spacial score (nSPS) is 16.8. The maximum atomic E-state index is 12.4. The molecule has 1 atom stereocenters. The van der Waals surface area contributed by atoms with Gasteiger partial charge in [-0.05, 0) is 55.5 Å². The molecule has 1 aliphatic rings. The lowest BCUT2D eigenvalue weighted by Crippen LogP contribution is -2.47. The summed E-state index contributed by atoms with van der Waals surface area (Å²) in [5.41, 5.74) is 1.37. The molecule has 1 saturated heterocycles. The van der Waals surface area contributed by atoms with Crippen molar-refractivity contribution in [1.29, 1.82) is 0 Å². The minimum Gasteiger partial charge on any atom is -0.393 e. The number of piperidine rings is 1. The number of rotatable bonds is 5. The number of carbonyl (C=O) groups excluding carboxylic acids is 2. The summed E-state index contributed by atoms with van der Waals surface area (Å²) in [5, 5.41) is 17.2. The van der Waals surface area contributed by atoms with Crippen LogP contribution in [0.15, 0.2) is 41.8 Å². The molecule has 2 amide bonds. The largest absolute Gasteiger partial charge is 0.393 e. The second-order valence-corrected chi connectivity index (χ2v) is 7.39. The number of carbonyl (C=O) groups is 2. The third-order valence-electron chi connectivity index (χ3n) is 4.58. The number of nitrogens with one attached hydrogen (secondary N) is 2. The van der Waals surface area contributed by atoms with E-state index in [4.69, 9.17) is 0 Å². The molecule has 0 bridgehead atoms. The molecule has 2 aromatic rings. The number of likely N-dealkylation sites (tertiary alicyclic amines) is 1. The first kappa shape index (κ1) is 18.6. The fraction of sp³-hybridized carbons (Fsp3) is 0.368. The number of anilines is 2. The average molecular weight is 373 g/mol. The first-order valence-electron chi connectivity index (χ1n) is 8.71. The van der Waals surface area contributed by atoms with E-state index >= 15 is 0 Å². The van der Waals surface area contributed by atoms with Gasteiger partial charge in [-0.1, -0.05) is 6.07 Å². The fourth-order valence-corrected chi connectivity index (χ4v) is 3.54. The van der Waals surface area contributed by atoms with Crippen LogP contribution in [-0.2, 0) is 4.79 Å². The van der Waals surface area contributed by atoms with Crippen molar-refractivity contribution < 1.29 is 14.7 Å². The summed E-state index contributed by atoms with van der Waals surface area (Å²) >= 11 is 1.39. The Hall–Kier alpha value is -2.22. The zero-order valence-corrected chi connectivity index (χ0v) is 15.5. The zero-order valence-electron chi connectivity index (χ0n) is 14.6. The molecule has 2 heterocycles. The highest BCUT2D eigenvalue weighted by Gasteiger charge is 2.25. The van der Waals surface area contributed by atoms with E-state index < -0.39 is 0 Å². The molecule has 1 aliphatic heterocycles. The van der Waals surface area contributed by atoms with Crippen molar-refractivity contribution in [3.8, 4) is 0 Å². The number of hydrogen-bond acceptors (Lipinski definition) is 5. The van der Waals surface area contributed by atoms with Crippen molar-refractivity contribution in [1.82, 2.24) is 4.90 Å². The van der Waals surface area contributed by atoms with Crippen LogP contribution < -0.4 is 10.6 Å². The molecule has 1 unspecified atom stereocenters. The SMILES string of the molecule is CC(C(=O)Nc1ccc(NC(=O)c2cccs2)cc1)N1CCC(O)CC1. The number of aliphatic hydroxyl groups excluding tert-OH is 1. The minimum absolute atomic E-state index is 0.0724. The molecule has 1 aromatic heterocycles. The van der Waals surface area contributed by atoms with Crippen LogP contribution >= 0.6 is 11.3 Å². The summed E-state index contributed by atoms with van der Waals surface area (Å²) in [6.45, 7) is 3.33. The summed E-state index contributed by atoms with van der Waals surface area (Å²) in [7, 11) is 0. The molecule has 3 N–H and O–H groups in total. The van der Waals surface area contributed by atoms with Gasteiger partial charge < -0.3 is 15.7 Å². The molecular weight excluding hydrogens is 350 g/mol. The first-order chi connectivity index (χ1) is 12.5. The van der Waals surface area contributed by atoms with Crippen molar-refractivity contribution in [3.05, 3.63) is 46.7 Å². The molecule has 0 radical (unpaired) electrons. The standard InChI is InChI=1S/C19H23N3O3S/c1-13(22-10-8-16(23)9-11-22)18(24)20-14-4-6-15(7-5-14)21-19(25)17-3-2-12-26-17/h2-7,12-13,16,23H,8-11H2,1H3,(H,20,24)(H,21,25). The van der Waals surface area contributed by atoms with E-state index in [0.29, 0.717) is 29.1 Å². The lowest BCUT2D eigenvalue weighted by Gasteiger charge is -2.33. The van der Waals surface area contributed by atoms with Gasteiger partial charge in [-0.25, -0.2) is 0 Å². The molecule has 0 aliphatic carbocycles. The molecule has 1 fully saturated rings. The van der Waals surface area contributed by atoms with Crippen molar-refractivity contribution in [3.63, 3.8) is 0 Å². The van der Waals surface area contributed by atoms with E-state index in [9.17, 15) is 14.7 Å². The molecule has 1 aromatic carbocycles. The third kappa shape index (κ3) is 4.69. The molecule has 138 valence electrons. The Morgan fingerprint density at radius 2 is 1.73 bits per heavy atom. The molecular formula is C19H23N3O3S. The van der Waals surface area contributed by atoms with Crippen LogP contribution in [0.25, 0.3) is 0 Å². The maximum Gasteiger partial charge on any atom is 0.265 e. The van der Waals surface area contributed by atoms with Crippen molar-refractivity contribution in [2.24, 2.45) is 0 Å². The smallest absolute Gasteiger partial charge is 0.265 e. The van der Waals surface area contributed by atoms with Gasteiger partial charge in [-0.2, -0.15) is 0 Å². The van der Waals surface area contributed by atoms with Crippen molar-refractivity contribution >= 4 is 34.5 Å². The monoisotopic (exact) mass is 373 g/mol. The fourth-order valence-electron chi connectivity index (χ4n) is 2.92. The summed E-state index contributed by atoms with van der Waals surface area (Å²) in [6, 6.07) is 10.4. The van der Waals surface area contributed by atoms with Crippen LogP contribution in [0.1, 0.15) is 29.4 Å². The predicted octanol–water partition coefficient (Wildman–Crippen LogP) is 2.78. The molecule has 6 nitrogen and oxygen atoms in total. The van der Waals surface area contributed by atoms with Crippen LogP contribution in [0, 0.1) is 0 Å². The van der Waals surface area contributed by atoms with Gasteiger partial charge in [0.1, 0.15) is 0 Å². The number of aliphatic hydroxyl groups is 1. The van der Waals surface area contributed by atoms with Crippen LogP contribution in [0.3, 0.4) is 0 Å². The summed E-state index contributed by atoms with van der Waals surface area (Å²) in [5.74, 6) is -0.213. The molecule has 7 heteroatoms. The van der Waals surface area contributed by atoms with E-state index in [2.05, 4.69) is 15.5 Å². The van der Waals surface area contributed by atoms with Gasteiger partial charge in [0.05, 0.1) is 17.0 Å². The highest BCUT2D eigenvalue weighted by atomic mass is 32.1. The number of hydrogen-bond donors (Lipinski definition) is 3. The minimum atomic E-state index is -0.251. The van der Waals surface area contributed by atoms with E-state index in [1.54, 1.807) is 30.3 Å². The van der Waals surface area contributed by atoms with Crippen LogP contribution in [0.4, 0.5) is 11.4 Å². The molecule has 26 heavy (non-hydrogen) atoms. The van der Waals surface area contributed by atoms with E-state index in [-0.39, 0.29) is 24.0 Å².